The maximum absolute atomic E-state index is 12.1. The van der Waals surface area contributed by atoms with Crippen LogP contribution in [0.1, 0.15) is 38.1 Å². The second-order valence-corrected chi connectivity index (χ2v) is 3.92. The topological polar surface area (TPSA) is 49.3 Å². The summed E-state index contributed by atoms with van der Waals surface area (Å²) in [4.78, 5) is 24.4. The largest absolute Gasteiger partial charge is 0.341 e. The van der Waals surface area contributed by atoms with E-state index in [9.17, 15) is 4.79 Å². The van der Waals surface area contributed by atoms with Gasteiger partial charge in [-0.05, 0) is 27.7 Å². The average molecular weight is 250 g/mol. The van der Waals surface area contributed by atoms with Gasteiger partial charge < -0.3 is 9.80 Å². The highest BCUT2D eigenvalue weighted by Gasteiger charge is 2.14. The maximum Gasteiger partial charge on any atom is 0.256 e. The Kier molecular flexibility index (Phi) is 5.55. The van der Waals surface area contributed by atoms with Gasteiger partial charge in [0, 0.05) is 38.6 Å². The molecule has 0 aromatic carbocycles. The molecule has 1 aromatic rings. The molecule has 0 radical (unpaired) electrons. The fraction of sp³-hybridized carbons (Fsp3) is 0.615. The van der Waals surface area contributed by atoms with E-state index in [1.807, 2.05) is 18.7 Å². The highest BCUT2D eigenvalue weighted by atomic mass is 16.2. The summed E-state index contributed by atoms with van der Waals surface area (Å²) < 4.78 is 0. The molecule has 0 atom stereocenters. The van der Waals surface area contributed by atoms with E-state index in [0.29, 0.717) is 24.6 Å². The molecule has 1 heterocycles. The van der Waals surface area contributed by atoms with Crippen LogP contribution in [-0.4, -0.2) is 47.0 Å². The molecule has 0 spiro atoms. The van der Waals surface area contributed by atoms with E-state index in [2.05, 4.69) is 23.8 Å². The number of hydrogen-bond donors (Lipinski definition) is 0. The Hall–Kier alpha value is -1.65. The van der Waals surface area contributed by atoms with Crippen LogP contribution in [-0.2, 0) is 0 Å². The monoisotopic (exact) mass is 250 g/mol. The normalized spacial score (nSPS) is 10.2. The van der Waals surface area contributed by atoms with Gasteiger partial charge in [0.15, 0.2) is 0 Å². The fourth-order valence-corrected chi connectivity index (χ4v) is 1.79. The quantitative estimate of drug-likeness (QED) is 0.772. The van der Waals surface area contributed by atoms with Crippen LogP contribution in [0.5, 0.6) is 0 Å². The number of nitrogens with zero attached hydrogens (tertiary/aromatic N) is 4. The summed E-state index contributed by atoms with van der Waals surface area (Å²) in [6, 6.07) is 0. The Balaban J connectivity index is 2.85. The molecule has 1 aromatic heterocycles. The summed E-state index contributed by atoms with van der Waals surface area (Å²) in [6.45, 7) is 11.2. The number of carbonyl (C=O) groups is 1. The lowest BCUT2D eigenvalue weighted by molar-refractivity contribution is 0.0772. The molecule has 1 amide bonds. The van der Waals surface area contributed by atoms with Crippen molar-refractivity contribution in [1.82, 2.24) is 14.9 Å². The van der Waals surface area contributed by atoms with Crippen LogP contribution in [0.4, 0.5) is 5.95 Å². The van der Waals surface area contributed by atoms with E-state index in [-0.39, 0.29) is 5.91 Å². The van der Waals surface area contributed by atoms with Crippen molar-refractivity contribution in [3.05, 3.63) is 18.0 Å². The predicted octanol–water partition coefficient (Wildman–Crippen LogP) is 1.80. The van der Waals surface area contributed by atoms with Crippen LogP contribution < -0.4 is 4.90 Å². The number of carbonyl (C=O) groups excluding carboxylic acids is 1. The zero-order valence-electron chi connectivity index (χ0n) is 11.7. The van der Waals surface area contributed by atoms with Gasteiger partial charge >= 0.3 is 0 Å². The average Bonchev–Trinajstić information content (AvgIpc) is 2.42. The van der Waals surface area contributed by atoms with Crippen molar-refractivity contribution in [2.24, 2.45) is 0 Å². The molecule has 0 aliphatic carbocycles. The molecule has 0 aliphatic rings. The van der Waals surface area contributed by atoms with Crippen molar-refractivity contribution in [3.8, 4) is 0 Å². The number of anilines is 1. The molecular formula is C13H22N4O. The second kappa shape index (κ2) is 6.93. The Morgan fingerprint density at radius 2 is 1.50 bits per heavy atom. The molecule has 0 fully saturated rings. The minimum absolute atomic E-state index is 0.00824. The minimum Gasteiger partial charge on any atom is -0.341 e. The van der Waals surface area contributed by atoms with Crippen LogP contribution in [0.15, 0.2) is 12.4 Å². The van der Waals surface area contributed by atoms with Crippen molar-refractivity contribution in [1.29, 1.82) is 0 Å². The summed E-state index contributed by atoms with van der Waals surface area (Å²) >= 11 is 0. The highest BCUT2D eigenvalue weighted by molar-refractivity contribution is 5.93. The first-order chi connectivity index (χ1) is 8.67. The molecule has 0 unspecified atom stereocenters. The third-order valence-electron chi connectivity index (χ3n) is 2.98. The Labute approximate surface area is 109 Å². The van der Waals surface area contributed by atoms with Crippen molar-refractivity contribution in [2.45, 2.75) is 27.7 Å². The zero-order valence-corrected chi connectivity index (χ0v) is 11.7. The molecule has 18 heavy (non-hydrogen) atoms. The van der Waals surface area contributed by atoms with Gasteiger partial charge in [-0.3, -0.25) is 4.79 Å². The molecule has 0 saturated carbocycles. The molecule has 0 bridgehead atoms. The van der Waals surface area contributed by atoms with E-state index in [0.717, 1.165) is 13.1 Å². The molecule has 1 rings (SSSR count). The maximum atomic E-state index is 12.1. The molecule has 5 heteroatoms. The predicted molar refractivity (Wildman–Crippen MR) is 72.8 cm³/mol. The van der Waals surface area contributed by atoms with E-state index in [1.165, 1.54) is 0 Å². The molecule has 100 valence electrons. The Bertz CT molecular complexity index is 369. The lowest BCUT2D eigenvalue weighted by Crippen LogP contribution is -2.31. The first-order valence-electron chi connectivity index (χ1n) is 6.54. The van der Waals surface area contributed by atoms with Crippen molar-refractivity contribution in [3.63, 3.8) is 0 Å². The van der Waals surface area contributed by atoms with E-state index >= 15 is 0 Å². The van der Waals surface area contributed by atoms with Gasteiger partial charge in [0.1, 0.15) is 0 Å². The summed E-state index contributed by atoms with van der Waals surface area (Å²) in [6.07, 6.45) is 3.22. The molecular weight excluding hydrogens is 228 g/mol. The van der Waals surface area contributed by atoms with Crippen LogP contribution >= 0.6 is 0 Å². The van der Waals surface area contributed by atoms with E-state index in [4.69, 9.17) is 0 Å². The van der Waals surface area contributed by atoms with Gasteiger partial charge in [0.25, 0.3) is 5.91 Å². The number of hydrogen-bond acceptors (Lipinski definition) is 4. The van der Waals surface area contributed by atoms with E-state index < -0.39 is 0 Å². The van der Waals surface area contributed by atoms with E-state index in [1.54, 1.807) is 17.3 Å². The Morgan fingerprint density at radius 3 is 1.89 bits per heavy atom. The van der Waals surface area contributed by atoms with Gasteiger partial charge in [0.05, 0.1) is 5.56 Å². The number of aromatic nitrogens is 2. The summed E-state index contributed by atoms with van der Waals surface area (Å²) in [5, 5.41) is 0. The number of rotatable bonds is 6. The van der Waals surface area contributed by atoms with Crippen LogP contribution in [0, 0.1) is 0 Å². The highest BCUT2D eigenvalue weighted by Crippen LogP contribution is 2.08. The third kappa shape index (κ3) is 3.18. The van der Waals surface area contributed by atoms with Crippen molar-refractivity contribution < 1.29 is 4.79 Å². The van der Waals surface area contributed by atoms with Crippen LogP contribution in [0.2, 0.25) is 0 Å². The summed E-state index contributed by atoms with van der Waals surface area (Å²) in [5.41, 5.74) is 0.551. The Morgan fingerprint density at radius 1 is 1.00 bits per heavy atom. The fourth-order valence-electron chi connectivity index (χ4n) is 1.79. The van der Waals surface area contributed by atoms with Crippen LogP contribution in [0.3, 0.4) is 0 Å². The summed E-state index contributed by atoms with van der Waals surface area (Å²) in [5.74, 6) is 0.669. The zero-order chi connectivity index (χ0) is 13.5. The van der Waals surface area contributed by atoms with Gasteiger partial charge in [-0.15, -0.1) is 0 Å². The molecule has 0 N–H and O–H groups in total. The SMILES string of the molecule is CCN(CC)C(=O)c1cnc(N(CC)CC)nc1. The number of amides is 1. The first-order valence-corrected chi connectivity index (χ1v) is 6.54. The first kappa shape index (κ1) is 14.4. The minimum atomic E-state index is -0.00824. The van der Waals surface area contributed by atoms with Gasteiger partial charge in [-0.2, -0.15) is 0 Å². The second-order valence-electron chi connectivity index (χ2n) is 3.92. The van der Waals surface area contributed by atoms with Gasteiger partial charge in [0.2, 0.25) is 5.95 Å². The van der Waals surface area contributed by atoms with Crippen molar-refractivity contribution in [2.75, 3.05) is 31.1 Å². The van der Waals surface area contributed by atoms with Gasteiger partial charge in [-0.1, -0.05) is 0 Å². The van der Waals surface area contributed by atoms with Gasteiger partial charge in [-0.25, -0.2) is 9.97 Å². The lowest BCUT2D eigenvalue weighted by atomic mass is 10.3. The van der Waals surface area contributed by atoms with Crippen molar-refractivity contribution >= 4 is 11.9 Å². The molecule has 0 aliphatic heterocycles. The summed E-state index contributed by atoms with van der Waals surface area (Å²) in [7, 11) is 0. The standard InChI is InChI=1S/C13H22N4O/c1-5-16(6-2)12(18)11-9-14-13(15-10-11)17(7-3)8-4/h9-10H,5-8H2,1-4H3. The molecule has 0 saturated heterocycles. The third-order valence-corrected chi connectivity index (χ3v) is 2.98. The van der Waals surface area contributed by atoms with Crippen LogP contribution in [0.25, 0.3) is 0 Å². The smallest absolute Gasteiger partial charge is 0.256 e. The molecule has 5 nitrogen and oxygen atoms in total. The lowest BCUT2D eigenvalue weighted by Gasteiger charge is -2.20.